The number of rotatable bonds is 0. The van der Waals surface area contributed by atoms with E-state index in [-0.39, 0.29) is 75.5 Å². The Labute approximate surface area is 172 Å². The van der Waals surface area contributed by atoms with Gasteiger partial charge >= 0.3 is 75.5 Å². The van der Waals surface area contributed by atoms with Crippen LogP contribution in [0.4, 0.5) is 0 Å². The molecule has 0 aromatic rings. The Morgan fingerprint density at radius 2 is 0.278 bits per heavy atom. The van der Waals surface area contributed by atoms with Crippen LogP contribution in [0, 0.1) is 43.1 Å². The molecule has 0 heterocycles. The molecular weight excluding hydrogens is 414 g/mol. The van der Waals surface area contributed by atoms with Crippen molar-refractivity contribution >= 4 is 75.5 Å². The second-order valence-corrected chi connectivity index (χ2v) is 2.27. The summed E-state index contributed by atoms with van der Waals surface area (Å²) in [6.07, 6.45) is 0. The molecule has 18 heteroatoms. The first-order chi connectivity index (χ1) is 6.93. The topological polar surface area (TPSA) is 277 Å². The first kappa shape index (κ1) is 37.4. The zero-order valence-corrected chi connectivity index (χ0v) is 15.3. The summed E-state index contributed by atoms with van der Waals surface area (Å²) in [4.78, 5) is 0. The number of hydrogen-bond acceptors (Lipinski definition) is 12. The Kier molecular flexibility index (Phi) is 67.0. The quantitative estimate of drug-likeness (QED) is 0.334. The van der Waals surface area contributed by atoms with E-state index < -0.39 is 43.1 Å². The van der Waals surface area contributed by atoms with Gasteiger partial charge in [-0.1, -0.05) is 0 Å². The van der Waals surface area contributed by atoms with Crippen LogP contribution >= 0.6 is 0 Å². The Bertz CT molecular complexity index is 65.1. The zero-order chi connectivity index (χ0) is 14.3. The number of halogens is 4. The fourth-order valence-corrected chi connectivity index (χ4v) is 0. The van der Waals surface area contributed by atoms with Gasteiger partial charge < -0.3 is 55.9 Å². The molecule has 0 atom stereocenters. The third-order valence-corrected chi connectivity index (χ3v) is 0. The van der Waals surface area contributed by atoms with Crippen LogP contribution in [0.3, 0.4) is 0 Å². The van der Waals surface area contributed by atoms with Crippen LogP contribution < -0.4 is 55.9 Å². The molecule has 0 saturated heterocycles. The molecule has 0 aliphatic rings. The molecule has 0 unspecified atom stereocenters. The summed E-state index contributed by atoms with van der Waals surface area (Å²) in [5, 5.41) is 0. The standard InChI is InChI=1S/2Ca.4ClO3/c;;4*2-1(3)4/q2*+2;4*-1. The predicted octanol–water partition coefficient (Wildman–Crippen LogP) is -15.0. The van der Waals surface area contributed by atoms with Gasteiger partial charge in [0.05, 0.1) is 43.1 Å². The predicted molar refractivity (Wildman–Crippen MR) is 11.5 cm³/mol. The van der Waals surface area contributed by atoms with Gasteiger partial charge in [-0.2, -0.15) is 0 Å². The van der Waals surface area contributed by atoms with Gasteiger partial charge in [0, 0.05) is 0 Å². The van der Waals surface area contributed by atoms with E-state index in [9.17, 15) is 0 Å². The van der Waals surface area contributed by atoms with Gasteiger partial charge in [0.15, 0.2) is 0 Å². The second-order valence-electron chi connectivity index (χ2n) is 0.756. The van der Waals surface area contributed by atoms with Gasteiger partial charge in [-0.15, -0.1) is 0 Å². The fourth-order valence-electron chi connectivity index (χ4n) is 0. The summed E-state index contributed by atoms with van der Waals surface area (Å²) in [5.74, 6) is 0. The van der Waals surface area contributed by atoms with Crippen LogP contribution in [0.2, 0.25) is 0 Å². The Morgan fingerprint density at radius 1 is 0.278 bits per heavy atom. The normalized spacial score (nSPS) is 8.00. The van der Waals surface area contributed by atoms with Gasteiger partial charge in [0.25, 0.3) is 0 Å². The molecule has 0 aromatic carbocycles. The van der Waals surface area contributed by atoms with Crippen molar-refractivity contribution in [3.63, 3.8) is 0 Å². The summed E-state index contributed by atoms with van der Waals surface area (Å²) in [6.45, 7) is 0. The maximum atomic E-state index is 8.41. The van der Waals surface area contributed by atoms with Crippen molar-refractivity contribution in [1.29, 1.82) is 0 Å². The minimum absolute atomic E-state index is 0. The molecule has 0 amide bonds. The van der Waals surface area contributed by atoms with Crippen molar-refractivity contribution in [3.05, 3.63) is 0 Å². The van der Waals surface area contributed by atoms with Crippen molar-refractivity contribution in [2.45, 2.75) is 0 Å². The molecule has 12 nitrogen and oxygen atoms in total. The first-order valence-corrected chi connectivity index (χ1v) is 5.55. The first-order valence-electron chi connectivity index (χ1n) is 1.85. The van der Waals surface area contributed by atoms with E-state index in [0.29, 0.717) is 0 Å². The summed E-state index contributed by atoms with van der Waals surface area (Å²) in [6, 6.07) is 0. The molecule has 0 radical (unpaired) electrons. The summed E-state index contributed by atoms with van der Waals surface area (Å²) in [5.41, 5.74) is 0. The summed E-state index contributed by atoms with van der Waals surface area (Å²) >= 11 is 0. The van der Waals surface area contributed by atoms with Crippen molar-refractivity contribution in [2.75, 3.05) is 0 Å². The third kappa shape index (κ3) is 621. The van der Waals surface area contributed by atoms with Gasteiger partial charge in [-0.05, 0) is 0 Å². The van der Waals surface area contributed by atoms with Crippen LogP contribution in [-0.2, 0) is 0 Å². The van der Waals surface area contributed by atoms with Gasteiger partial charge in [-0.3, -0.25) is 0 Å². The van der Waals surface area contributed by atoms with Crippen molar-refractivity contribution in [2.24, 2.45) is 0 Å². The molecule has 0 fully saturated rings. The average Bonchev–Trinajstić information content (AvgIpc) is 1.76. The molecular formula is Ca2Cl4O12. The fraction of sp³-hybridized carbons (Fsp3) is 0. The molecule has 104 valence electrons. The molecule has 0 aliphatic carbocycles. The molecule has 0 spiro atoms. The van der Waals surface area contributed by atoms with Crippen molar-refractivity contribution in [3.8, 4) is 0 Å². The van der Waals surface area contributed by atoms with Crippen LogP contribution in [0.25, 0.3) is 0 Å². The van der Waals surface area contributed by atoms with Gasteiger partial charge in [-0.25, -0.2) is 0 Å². The van der Waals surface area contributed by atoms with Gasteiger partial charge in [0.1, 0.15) is 0 Å². The molecule has 0 saturated carbocycles. The van der Waals surface area contributed by atoms with E-state index >= 15 is 0 Å². The molecule has 0 bridgehead atoms. The Hall–Kier alpha value is 3.20. The van der Waals surface area contributed by atoms with Crippen LogP contribution in [0.1, 0.15) is 0 Å². The number of hydrogen-bond donors (Lipinski definition) is 0. The van der Waals surface area contributed by atoms with E-state index in [0.717, 1.165) is 0 Å². The summed E-state index contributed by atoms with van der Waals surface area (Å²) in [7, 11) is -11.4. The van der Waals surface area contributed by atoms with Crippen LogP contribution in [-0.4, -0.2) is 75.5 Å². The molecule has 0 rings (SSSR count). The smallest absolute Gasteiger partial charge is 0.357 e. The molecule has 0 aliphatic heterocycles. The summed E-state index contributed by atoms with van der Waals surface area (Å²) < 4.78 is 101. The van der Waals surface area contributed by atoms with E-state index in [4.69, 9.17) is 55.9 Å². The average molecular weight is 414 g/mol. The largest absolute Gasteiger partial charge is 2.00 e. The minimum atomic E-state index is -2.85. The SMILES string of the molecule is [Ca+2].[Ca+2].[O-][Cl+2]([O-])[O-].[O-][Cl+2]([O-])[O-].[O-][Cl+2]([O-])[O-].[O-][Cl+2]([O-])[O-]. The monoisotopic (exact) mass is 412 g/mol. The second kappa shape index (κ2) is 32.2. The van der Waals surface area contributed by atoms with Gasteiger partial charge in [0.2, 0.25) is 0 Å². The molecule has 18 heavy (non-hydrogen) atoms. The Balaban J connectivity index is -0.0000000257. The van der Waals surface area contributed by atoms with Crippen LogP contribution in [0.15, 0.2) is 0 Å². The Morgan fingerprint density at radius 3 is 0.278 bits per heavy atom. The van der Waals surface area contributed by atoms with E-state index in [1.165, 1.54) is 0 Å². The van der Waals surface area contributed by atoms with E-state index in [1.807, 2.05) is 0 Å². The third-order valence-electron chi connectivity index (χ3n) is 0. The van der Waals surface area contributed by atoms with E-state index in [2.05, 4.69) is 0 Å². The van der Waals surface area contributed by atoms with Crippen molar-refractivity contribution < 1.29 is 99.0 Å². The maximum absolute atomic E-state index is 8.41. The molecule has 0 aromatic heterocycles. The van der Waals surface area contributed by atoms with Crippen molar-refractivity contribution in [1.82, 2.24) is 0 Å². The minimum Gasteiger partial charge on any atom is -0.357 e. The molecule has 0 N–H and O–H groups in total. The van der Waals surface area contributed by atoms with Crippen LogP contribution in [0.5, 0.6) is 0 Å². The van der Waals surface area contributed by atoms with E-state index in [1.54, 1.807) is 0 Å². The maximum Gasteiger partial charge on any atom is 2.00 e. The zero-order valence-electron chi connectivity index (χ0n) is 7.83.